The van der Waals surface area contributed by atoms with Crippen molar-refractivity contribution in [2.45, 2.75) is 51.6 Å². The Balaban J connectivity index is 1.78. The van der Waals surface area contributed by atoms with Crippen LogP contribution in [0.15, 0.2) is 0 Å². The van der Waals surface area contributed by atoms with Crippen molar-refractivity contribution in [3.63, 3.8) is 0 Å². The lowest BCUT2D eigenvalue weighted by molar-refractivity contribution is 0.166. The maximum absolute atomic E-state index is 3.83. The van der Waals surface area contributed by atoms with Gasteiger partial charge in [0.1, 0.15) is 0 Å². The van der Waals surface area contributed by atoms with Crippen molar-refractivity contribution in [1.82, 2.24) is 15.1 Å². The molecule has 0 aromatic carbocycles. The molecule has 2 aliphatic rings. The Hall–Kier alpha value is -0.120. The number of hydrogen-bond acceptors (Lipinski definition) is 3. The summed E-state index contributed by atoms with van der Waals surface area (Å²) in [5.41, 5.74) is 0. The highest BCUT2D eigenvalue weighted by Gasteiger charge is 2.25. The monoisotopic (exact) mass is 253 g/mol. The number of nitrogens with one attached hydrogen (secondary N) is 1. The van der Waals surface area contributed by atoms with Gasteiger partial charge in [0.05, 0.1) is 0 Å². The molecule has 2 fully saturated rings. The number of piperidine rings is 1. The maximum atomic E-state index is 3.83. The predicted molar refractivity (Wildman–Crippen MR) is 78.0 cm³/mol. The van der Waals surface area contributed by atoms with Crippen LogP contribution >= 0.6 is 0 Å². The van der Waals surface area contributed by atoms with Gasteiger partial charge in [0, 0.05) is 25.2 Å². The summed E-state index contributed by atoms with van der Waals surface area (Å²) < 4.78 is 0. The molecule has 0 saturated carbocycles. The highest BCUT2D eigenvalue weighted by molar-refractivity contribution is 4.84. The van der Waals surface area contributed by atoms with Crippen LogP contribution in [-0.4, -0.2) is 61.7 Å². The largest absolute Gasteiger partial charge is 0.311 e. The van der Waals surface area contributed by atoms with Crippen LogP contribution in [-0.2, 0) is 0 Å². The molecule has 0 radical (unpaired) electrons. The van der Waals surface area contributed by atoms with Gasteiger partial charge in [0.25, 0.3) is 0 Å². The molecule has 106 valence electrons. The molecule has 2 atom stereocenters. The molecule has 2 rings (SSSR count). The average Bonchev–Trinajstić information content (AvgIpc) is 2.82. The van der Waals surface area contributed by atoms with Crippen molar-refractivity contribution in [2.75, 3.05) is 39.8 Å². The number of likely N-dealkylation sites (N-methyl/N-ethyl adjacent to an activating group) is 1. The number of nitrogens with zero attached hydrogens (tertiary/aromatic N) is 2. The second-order valence-electron chi connectivity index (χ2n) is 6.56. The van der Waals surface area contributed by atoms with Crippen LogP contribution in [0.25, 0.3) is 0 Å². The molecule has 1 N–H and O–H groups in total. The lowest BCUT2D eigenvalue weighted by Gasteiger charge is -2.35. The van der Waals surface area contributed by atoms with E-state index < -0.39 is 0 Å². The smallest absolute Gasteiger partial charge is 0.0243 e. The zero-order valence-corrected chi connectivity index (χ0v) is 12.5. The molecule has 2 saturated heterocycles. The summed E-state index contributed by atoms with van der Waals surface area (Å²) >= 11 is 0. The Morgan fingerprint density at radius 2 is 1.83 bits per heavy atom. The standard InChI is InChI=1S/C15H31N3/c1-13(2)15(18-9-4-5-10-18)11-16-14-7-6-8-17(3)12-14/h13-16H,4-12H2,1-3H3. The first-order valence-corrected chi connectivity index (χ1v) is 7.83. The second-order valence-corrected chi connectivity index (χ2v) is 6.56. The first-order valence-electron chi connectivity index (χ1n) is 7.83. The van der Waals surface area contributed by atoms with E-state index in [9.17, 15) is 0 Å². The summed E-state index contributed by atoms with van der Waals surface area (Å²) in [6, 6.07) is 1.45. The third-order valence-electron chi connectivity index (χ3n) is 4.62. The number of rotatable bonds is 5. The first kappa shape index (κ1) is 14.3. The minimum Gasteiger partial charge on any atom is -0.311 e. The summed E-state index contributed by atoms with van der Waals surface area (Å²) in [6.07, 6.45) is 5.50. The minimum atomic E-state index is 0.715. The molecular formula is C15H31N3. The Bertz CT molecular complexity index is 236. The molecule has 0 amide bonds. The van der Waals surface area contributed by atoms with Gasteiger partial charge in [-0.3, -0.25) is 4.90 Å². The lowest BCUT2D eigenvalue weighted by atomic mass is 10.0. The van der Waals surface area contributed by atoms with Gasteiger partial charge in [0.15, 0.2) is 0 Å². The van der Waals surface area contributed by atoms with Crippen LogP contribution in [0.5, 0.6) is 0 Å². The number of hydrogen-bond donors (Lipinski definition) is 1. The molecule has 0 aliphatic carbocycles. The van der Waals surface area contributed by atoms with E-state index in [4.69, 9.17) is 0 Å². The zero-order chi connectivity index (χ0) is 13.0. The van der Waals surface area contributed by atoms with Crippen LogP contribution in [0.2, 0.25) is 0 Å². The van der Waals surface area contributed by atoms with E-state index in [1.165, 1.54) is 58.4 Å². The molecule has 0 spiro atoms. The van der Waals surface area contributed by atoms with E-state index in [2.05, 4.69) is 36.0 Å². The van der Waals surface area contributed by atoms with Crippen LogP contribution < -0.4 is 5.32 Å². The first-order chi connectivity index (χ1) is 8.66. The van der Waals surface area contributed by atoms with Gasteiger partial charge in [0.2, 0.25) is 0 Å². The van der Waals surface area contributed by atoms with Crippen molar-refractivity contribution in [3.8, 4) is 0 Å². The van der Waals surface area contributed by atoms with Crippen molar-refractivity contribution in [3.05, 3.63) is 0 Å². The van der Waals surface area contributed by atoms with Gasteiger partial charge in [-0.15, -0.1) is 0 Å². The highest BCUT2D eigenvalue weighted by Crippen LogP contribution is 2.18. The molecule has 2 aliphatic heterocycles. The predicted octanol–water partition coefficient (Wildman–Crippen LogP) is 1.79. The van der Waals surface area contributed by atoms with Crippen LogP contribution in [0, 0.1) is 5.92 Å². The zero-order valence-electron chi connectivity index (χ0n) is 12.5. The minimum absolute atomic E-state index is 0.715. The normalized spacial score (nSPS) is 29.0. The Morgan fingerprint density at radius 1 is 1.11 bits per heavy atom. The van der Waals surface area contributed by atoms with Crippen molar-refractivity contribution in [2.24, 2.45) is 5.92 Å². The quantitative estimate of drug-likeness (QED) is 0.806. The fourth-order valence-electron chi connectivity index (χ4n) is 3.48. The molecular weight excluding hydrogens is 222 g/mol. The van der Waals surface area contributed by atoms with Crippen LogP contribution in [0.1, 0.15) is 39.5 Å². The Kier molecular flexibility index (Phi) is 5.46. The third kappa shape index (κ3) is 3.94. The van der Waals surface area contributed by atoms with Gasteiger partial charge in [-0.25, -0.2) is 0 Å². The van der Waals surface area contributed by atoms with Crippen molar-refractivity contribution in [1.29, 1.82) is 0 Å². The summed E-state index contributed by atoms with van der Waals surface area (Å²) in [5, 5.41) is 3.83. The van der Waals surface area contributed by atoms with Gasteiger partial charge in [-0.2, -0.15) is 0 Å². The Labute approximate surface area is 113 Å². The fourth-order valence-corrected chi connectivity index (χ4v) is 3.48. The molecule has 0 aromatic rings. The van der Waals surface area contributed by atoms with Crippen LogP contribution in [0.4, 0.5) is 0 Å². The van der Waals surface area contributed by atoms with E-state index in [1.54, 1.807) is 0 Å². The van der Waals surface area contributed by atoms with E-state index in [0.717, 1.165) is 12.0 Å². The molecule has 0 aromatic heterocycles. The van der Waals surface area contributed by atoms with Gasteiger partial charge in [-0.05, 0) is 58.3 Å². The van der Waals surface area contributed by atoms with Gasteiger partial charge >= 0.3 is 0 Å². The molecule has 2 unspecified atom stereocenters. The summed E-state index contributed by atoms with van der Waals surface area (Å²) in [6.45, 7) is 11.1. The second kappa shape index (κ2) is 6.88. The number of likely N-dealkylation sites (tertiary alicyclic amines) is 2. The average molecular weight is 253 g/mol. The van der Waals surface area contributed by atoms with Crippen LogP contribution in [0.3, 0.4) is 0 Å². The molecule has 0 bridgehead atoms. The van der Waals surface area contributed by atoms with E-state index in [1.807, 2.05) is 0 Å². The molecule has 3 heteroatoms. The van der Waals surface area contributed by atoms with Gasteiger partial charge in [-0.1, -0.05) is 13.8 Å². The highest BCUT2D eigenvalue weighted by atomic mass is 15.2. The fraction of sp³-hybridized carbons (Fsp3) is 1.00. The topological polar surface area (TPSA) is 18.5 Å². The van der Waals surface area contributed by atoms with Gasteiger partial charge < -0.3 is 10.2 Å². The Morgan fingerprint density at radius 3 is 2.44 bits per heavy atom. The van der Waals surface area contributed by atoms with Crippen molar-refractivity contribution >= 4 is 0 Å². The van der Waals surface area contributed by atoms with Crippen molar-refractivity contribution < 1.29 is 0 Å². The van der Waals surface area contributed by atoms with E-state index >= 15 is 0 Å². The van der Waals surface area contributed by atoms with E-state index in [-0.39, 0.29) is 0 Å². The SMILES string of the molecule is CC(C)C(CNC1CCCN(C)C1)N1CCCC1. The summed E-state index contributed by atoms with van der Waals surface area (Å²) in [7, 11) is 2.24. The third-order valence-corrected chi connectivity index (χ3v) is 4.62. The lowest BCUT2D eigenvalue weighted by Crippen LogP contribution is -2.50. The maximum Gasteiger partial charge on any atom is 0.0243 e. The molecule has 2 heterocycles. The summed E-state index contributed by atoms with van der Waals surface area (Å²) in [5.74, 6) is 0.761. The van der Waals surface area contributed by atoms with E-state index in [0.29, 0.717) is 6.04 Å². The molecule has 3 nitrogen and oxygen atoms in total. The molecule has 18 heavy (non-hydrogen) atoms. The summed E-state index contributed by atoms with van der Waals surface area (Å²) in [4.78, 5) is 5.16.